The minimum atomic E-state index is 0.0282. The molecule has 22 heavy (non-hydrogen) atoms. The molecule has 0 atom stereocenters. The first-order valence-electron chi connectivity index (χ1n) is 8.35. The highest BCUT2D eigenvalue weighted by Gasteiger charge is 2.28. The molecule has 1 heterocycles. The third kappa shape index (κ3) is 3.26. The van der Waals surface area contributed by atoms with E-state index in [9.17, 15) is 4.79 Å². The molecule has 0 spiro atoms. The SMILES string of the molecule is CCCC(=O)C1=C(C)Oc2c(cc(CC)cc2C(C)(C)C)C1. The molecule has 1 aliphatic rings. The van der Waals surface area contributed by atoms with Gasteiger partial charge < -0.3 is 4.74 Å². The Morgan fingerprint density at radius 2 is 1.91 bits per heavy atom. The number of hydrogen-bond acceptors (Lipinski definition) is 2. The summed E-state index contributed by atoms with van der Waals surface area (Å²) in [6.07, 6.45) is 3.18. The van der Waals surface area contributed by atoms with Gasteiger partial charge in [0.25, 0.3) is 0 Å². The number of fused-ring (bicyclic) bond motifs is 1. The van der Waals surface area contributed by atoms with Gasteiger partial charge in [-0.3, -0.25) is 4.79 Å². The number of ether oxygens (including phenoxy) is 1. The molecule has 2 heteroatoms. The van der Waals surface area contributed by atoms with Gasteiger partial charge in [-0.1, -0.05) is 46.8 Å². The average molecular weight is 300 g/mol. The minimum absolute atomic E-state index is 0.0282. The van der Waals surface area contributed by atoms with E-state index in [1.54, 1.807) is 0 Å². The van der Waals surface area contributed by atoms with Crippen molar-refractivity contribution in [1.29, 1.82) is 0 Å². The van der Waals surface area contributed by atoms with E-state index >= 15 is 0 Å². The normalized spacial score (nSPS) is 14.6. The lowest BCUT2D eigenvalue weighted by Gasteiger charge is -2.29. The molecule has 1 aromatic carbocycles. The largest absolute Gasteiger partial charge is 0.461 e. The molecule has 0 bridgehead atoms. The average Bonchev–Trinajstić information content (AvgIpc) is 2.44. The second-order valence-corrected chi connectivity index (χ2v) is 7.22. The maximum Gasteiger partial charge on any atom is 0.162 e. The van der Waals surface area contributed by atoms with E-state index in [0.717, 1.165) is 35.5 Å². The summed E-state index contributed by atoms with van der Waals surface area (Å²) in [6.45, 7) is 12.8. The highest BCUT2D eigenvalue weighted by atomic mass is 16.5. The summed E-state index contributed by atoms with van der Waals surface area (Å²) >= 11 is 0. The van der Waals surface area contributed by atoms with Gasteiger partial charge in [-0.15, -0.1) is 0 Å². The van der Waals surface area contributed by atoms with Crippen LogP contribution in [0.15, 0.2) is 23.5 Å². The number of allylic oxidation sites excluding steroid dienone is 2. The van der Waals surface area contributed by atoms with Crippen molar-refractivity contribution in [2.24, 2.45) is 0 Å². The maximum absolute atomic E-state index is 12.3. The number of rotatable bonds is 4. The zero-order valence-electron chi connectivity index (χ0n) is 14.8. The topological polar surface area (TPSA) is 26.3 Å². The van der Waals surface area contributed by atoms with Gasteiger partial charge in [0, 0.05) is 24.0 Å². The van der Waals surface area contributed by atoms with Crippen LogP contribution in [0.2, 0.25) is 0 Å². The summed E-state index contributed by atoms with van der Waals surface area (Å²) in [4.78, 5) is 12.3. The lowest BCUT2D eigenvalue weighted by Crippen LogP contribution is -2.20. The van der Waals surface area contributed by atoms with Crippen LogP contribution in [0.4, 0.5) is 0 Å². The van der Waals surface area contributed by atoms with Crippen molar-refractivity contribution in [3.05, 3.63) is 40.2 Å². The van der Waals surface area contributed by atoms with Crippen molar-refractivity contribution in [2.45, 2.75) is 72.6 Å². The number of ketones is 1. The predicted molar refractivity (Wildman–Crippen MR) is 91.5 cm³/mol. The standard InChI is InChI=1S/C20H28O2/c1-7-9-18(21)16-12-15-10-14(8-2)11-17(20(4,5)6)19(15)22-13(16)3/h10-11H,7-9,12H2,1-6H3. The van der Waals surface area contributed by atoms with Crippen LogP contribution in [0.1, 0.15) is 71.1 Å². The van der Waals surface area contributed by atoms with E-state index in [4.69, 9.17) is 4.74 Å². The smallest absolute Gasteiger partial charge is 0.162 e. The number of benzene rings is 1. The van der Waals surface area contributed by atoms with Gasteiger partial charge in [-0.05, 0) is 36.3 Å². The van der Waals surface area contributed by atoms with E-state index in [-0.39, 0.29) is 11.2 Å². The third-order valence-corrected chi connectivity index (χ3v) is 4.30. The van der Waals surface area contributed by atoms with Crippen LogP contribution in [0.25, 0.3) is 0 Å². The number of Topliss-reactive ketones (excluding diaryl/α,β-unsaturated/α-hetero) is 1. The molecule has 0 unspecified atom stereocenters. The Morgan fingerprint density at radius 3 is 2.45 bits per heavy atom. The fraction of sp³-hybridized carbons (Fsp3) is 0.550. The number of aryl methyl sites for hydroxylation is 1. The molecule has 1 aliphatic heterocycles. The van der Waals surface area contributed by atoms with E-state index in [0.29, 0.717) is 12.8 Å². The van der Waals surface area contributed by atoms with Crippen molar-refractivity contribution in [1.82, 2.24) is 0 Å². The van der Waals surface area contributed by atoms with Gasteiger partial charge in [0.15, 0.2) is 5.78 Å². The van der Waals surface area contributed by atoms with E-state index in [1.165, 1.54) is 11.1 Å². The van der Waals surface area contributed by atoms with Crippen LogP contribution in [0.5, 0.6) is 5.75 Å². The van der Waals surface area contributed by atoms with E-state index < -0.39 is 0 Å². The number of carbonyl (C=O) groups is 1. The number of carbonyl (C=O) groups excluding carboxylic acids is 1. The molecule has 0 aliphatic carbocycles. The van der Waals surface area contributed by atoms with Gasteiger partial charge in [0.05, 0.1) is 0 Å². The summed E-state index contributed by atoms with van der Waals surface area (Å²) in [6, 6.07) is 4.46. The fourth-order valence-electron chi connectivity index (χ4n) is 2.97. The zero-order valence-corrected chi connectivity index (χ0v) is 14.8. The molecular formula is C20H28O2. The first-order chi connectivity index (χ1) is 10.3. The summed E-state index contributed by atoms with van der Waals surface area (Å²) in [5.41, 5.74) is 4.59. The first kappa shape index (κ1) is 16.8. The Kier molecular flexibility index (Phi) is 4.79. The van der Waals surface area contributed by atoms with Crippen molar-refractivity contribution in [3.8, 4) is 5.75 Å². The van der Waals surface area contributed by atoms with Crippen molar-refractivity contribution < 1.29 is 9.53 Å². The van der Waals surface area contributed by atoms with Crippen LogP contribution in [0, 0.1) is 0 Å². The lowest BCUT2D eigenvalue weighted by molar-refractivity contribution is -0.115. The molecule has 0 radical (unpaired) electrons. The zero-order chi connectivity index (χ0) is 16.5. The Hall–Kier alpha value is -1.57. The number of hydrogen-bond donors (Lipinski definition) is 0. The molecule has 0 saturated heterocycles. The molecule has 0 amide bonds. The second kappa shape index (κ2) is 6.28. The maximum atomic E-state index is 12.3. The molecule has 0 saturated carbocycles. The first-order valence-corrected chi connectivity index (χ1v) is 8.35. The van der Waals surface area contributed by atoms with Gasteiger partial charge in [-0.2, -0.15) is 0 Å². The van der Waals surface area contributed by atoms with Gasteiger partial charge >= 0.3 is 0 Å². The molecule has 0 fully saturated rings. The van der Waals surface area contributed by atoms with Crippen LogP contribution in [-0.2, 0) is 23.1 Å². The Morgan fingerprint density at radius 1 is 1.23 bits per heavy atom. The molecule has 2 rings (SSSR count). The Bertz CT molecular complexity index is 615. The van der Waals surface area contributed by atoms with Crippen LogP contribution < -0.4 is 4.74 Å². The Labute approximate surface area is 134 Å². The van der Waals surface area contributed by atoms with E-state index in [2.05, 4.69) is 39.8 Å². The molecule has 120 valence electrons. The van der Waals surface area contributed by atoms with Crippen molar-refractivity contribution in [2.75, 3.05) is 0 Å². The lowest BCUT2D eigenvalue weighted by atomic mass is 9.81. The Balaban J connectivity index is 2.50. The van der Waals surface area contributed by atoms with Crippen LogP contribution >= 0.6 is 0 Å². The molecule has 2 nitrogen and oxygen atoms in total. The monoisotopic (exact) mass is 300 g/mol. The predicted octanol–water partition coefficient (Wildman–Crippen LogP) is 5.12. The van der Waals surface area contributed by atoms with Crippen LogP contribution in [0.3, 0.4) is 0 Å². The molecule has 1 aromatic rings. The summed E-state index contributed by atoms with van der Waals surface area (Å²) < 4.78 is 6.13. The van der Waals surface area contributed by atoms with Crippen LogP contribution in [-0.4, -0.2) is 5.78 Å². The third-order valence-electron chi connectivity index (χ3n) is 4.30. The van der Waals surface area contributed by atoms with Gasteiger partial charge in [-0.25, -0.2) is 0 Å². The van der Waals surface area contributed by atoms with Gasteiger partial charge in [0.1, 0.15) is 11.5 Å². The quantitative estimate of drug-likeness (QED) is 0.771. The molecular weight excluding hydrogens is 272 g/mol. The van der Waals surface area contributed by atoms with Gasteiger partial charge in [0.2, 0.25) is 0 Å². The van der Waals surface area contributed by atoms with E-state index in [1.807, 2.05) is 13.8 Å². The summed E-state index contributed by atoms with van der Waals surface area (Å²) in [5, 5.41) is 0. The van der Waals surface area contributed by atoms with Crippen molar-refractivity contribution in [3.63, 3.8) is 0 Å². The molecule has 0 aromatic heterocycles. The van der Waals surface area contributed by atoms with Crippen molar-refractivity contribution >= 4 is 5.78 Å². The fourth-order valence-corrected chi connectivity index (χ4v) is 2.97. The highest BCUT2D eigenvalue weighted by molar-refractivity contribution is 5.96. The second-order valence-electron chi connectivity index (χ2n) is 7.22. The minimum Gasteiger partial charge on any atom is -0.461 e. The molecule has 0 N–H and O–H groups in total. The summed E-state index contributed by atoms with van der Waals surface area (Å²) in [5.74, 6) is 1.97. The highest BCUT2D eigenvalue weighted by Crippen LogP contribution is 2.40. The summed E-state index contributed by atoms with van der Waals surface area (Å²) in [7, 11) is 0.